The molecule has 0 saturated carbocycles. The molecule has 0 radical (unpaired) electrons. The molecule has 0 spiro atoms. The highest BCUT2D eigenvalue weighted by molar-refractivity contribution is 5.36. The molecule has 0 bridgehead atoms. The fraction of sp³-hybridized carbons (Fsp3) is 0.455. The second-order valence-corrected chi connectivity index (χ2v) is 3.88. The summed E-state index contributed by atoms with van der Waals surface area (Å²) in [6, 6.07) is 6.57. The van der Waals surface area contributed by atoms with Crippen LogP contribution in [-0.2, 0) is 13.1 Å². The van der Waals surface area contributed by atoms with Crippen LogP contribution >= 0.6 is 0 Å². The Morgan fingerprint density at radius 1 is 1.23 bits per heavy atom. The first-order valence-corrected chi connectivity index (χ1v) is 4.68. The van der Waals surface area contributed by atoms with Crippen LogP contribution in [0.4, 0.5) is 0 Å². The molecule has 0 N–H and O–H groups in total. The van der Waals surface area contributed by atoms with Crippen LogP contribution in [0.3, 0.4) is 0 Å². The van der Waals surface area contributed by atoms with Gasteiger partial charge < -0.3 is 0 Å². The lowest BCUT2D eigenvalue weighted by molar-refractivity contribution is 0.0209. The number of benzene rings is 1. The second kappa shape index (κ2) is 3.13. The van der Waals surface area contributed by atoms with Gasteiger partial charge in [-0.3, -0.25) is 0 Å². The molecular weight excluding hydrogens is 160 g/mol. The van der Waals surface area contributed by atoms with Crippen molar-refractivity contribution in [3.8, 4) is 0 Å². The van der Waals surface area contributed by atoms with Gasteiger partial charge in [-0.25, -0.2) is 10.0 Å². The number of hydrogen-bond donors (Lipinski definition) is 0. The second-order valence-electron chi connectivity index (χ2n) is 3.88. The van der Waals surface area contributed by atoms with E-state index in [1.165, 1.54) is 16.7 Å². The highest BCUT2D eigenvalue weighted by Crippen LogP contribution is 2.25. The maximum atomic E-state index is 2.34. The van der Waals surface area contributed by atoms with E-state index >= 15 is 0 Å². The molecule has 0 aromatic heterocycles. The molecule has 1 aromatic carbocycles. The molecule has 1 heterocycles. The predicted molar refractivity (Wildman–Crippen MR) is 54.1 cm³/mol. The van der Waals surface area contributed by atoms with Crippen LogP contribution in [0, 0.1) is 6.92 Å². The van der Waals surface area contributed by atoms with Crippen molar-refractivity contribution in [1.82, 2.24) is 10.0 Å². The fourth-order valence-electron chi connectivity index (χ4n) is 1.86. The summed E-state index contributed by atoms with van der Waals surface area (Å²) in [7, 11) is 4.20. The van der Waals surface area contributed by atoms with Gasteiger partial charge in [-0.1, -0.05) is 18.2 Å². The van der Waals surface area contributed by atoms with Crippen molar-refractivity contribution in [2.45, 2.75) is 20.0 Å². The molecule has 2 heteroatoms. The third-order valence-electron chi connectivity index (χ3n) is 2.77. The van der Waals surface area contributed by atoms with Crippen LogP contribution in [0.1, 0.15) is 16.7 Å². The van der Waals surface area contributed by atoms with Crippen LogP contribution in [0.2, 0.25) is 0 Å². The van der Waals surface area contributed by atoms with Gasteiger partial charge in [0, 0.05) is 27.2 Å². The van der Waals surface area contributed by atoms with E-state index in [0.29, 0.717) is 0 Å². The van der Waals surface area contributed by atoms with Gasteiger partial charge >= 0.3 is 0 Å². The number of hydrogen-bond acceptors (Lipinski definition) is 2. The number of aryl methyl sites for hydroxylation is 1. The smallest absolute Gasteiger partial charge is 0.0393 e. The van der Waals surface area contributed by atoms with Gasteiger partial charge in [-0.05, 0) is 23.6 Å². The molecule has 0 unspecified atom stereocenters. The van der Waals surface area contributed by atoms with Crippen molar-refractivity contribution in [2.75, 3.05) is 14.1 Å². The number of nitrogens with zero attached hydrogens (tertiary/aromatic N) is 2. The molecule has 0 aliphatic carbocycles. The Bertz CT molecular complexity index is 318. The molecule has 0 fully saturated rings. The first-order valence-electron chi connectivity index (χ1n) is 4.68. The minimum atomic E-state index is 1.06. The zero-order chi connectivity index (χ0) is 9.42. The molecule has 1 aromatic rings. The summed E-state index contributed by atoms with van der Waals surface area (Å²) in [5.74, 6) is 0. The van der Waals surface area contributed by atoms with Gasteiger partial charge in [0.15, 0.2) is 0 Å². The molecule has 0 saturated heterocycles. The zero-order valence-electron chi connectivity index (χ0n) is 8.54. The maximum Gasteiger partial charge on any atom is 0.0393 e. The summed E-state index contributed by atoms with van der Waals surface area (Å²) >= 11 is 0. The SMILES string of the molecule is Cc1cccc2c1CN(N(C)C)C2. The summed E-state index contributed by atoms with van der Waals surface area (Å²) in [5, 5.41) is 4.51. The first kappa shape index (κ1) is 8.73. The highest BCUT2D eigenvalue weighted by atomic mass is 15.6. The third kappa shape index (κ3) is 1.47. The minimum Gasteiger partial charge on any atom is -0.247 e. The zero-order valence-corrected chi connectivity index (χ0v) is 8.54. The average molecular weight is 176 g/mol. The van der Waals surface area contributed by atoms with E-state index in [1.54, 1.807) is 0 Å². The summed E-state index contributed by atoms with van der Waals surface area (Å²) in [6.07, 6.45) is 0. The van der Waals surface area contributed by atoms with Crippen molar-refractivity contribution < 1.29 is 0 Å². The van der Waals surface area contributed by atoms with E-state index in [4.69, 9.17) is 0 Å². The van der Waals surface area contributed by atoms with Crippen LogP contribution in [0.15, 0.2) is 18.2 Å². The third-order valence-corrected chi connectivity index (χ3v) is 2.77. The van der Waals surface area contributed by atoms with Crippen molar-refractivity contribution >= 4 is 0 Å². The Balaban J connectivity index is 2.30. The largest absolute Gasteiger partial charge is 0.247 e. The molecule has 1 aliphatic heterocycles. The lowest BCUT2D eigenvalue weighted by atomic mass is 10.1. The Morgan fingerprint density at radius 3 is 2.62 bits per heavy atom. The van der Waals surface area contributed by atoms with Gasteiger partial charge in [-0.15, -0.1) is 0 Å². The number of fused-ring (bicyclic) bond motifs is 1. The predicted octanol–water partition coefficient (Wildman–Crippen LogP) is 1.79. The normalized spacial score (nSPS) is 16.6. The van der Waals surface area contributed by atoms with Crippen molar-refractivity contribution in [2.24, 2.45) is 0 Å². The topological polar surface area (TPSA) is 6.48 Å². The van der Waals surface area contributed by atoms with E-state index in [-0.39, 0.29) is 0 Å². The Kier molecular flexibility index (Phi) is 2.10. The number of rotatable bonds is 1. The fourth-order valence-corrected chi connectivity index (χ4v) is 1.86. The van der Waals surface area contributed by atoms with E-state index in [1.807, 2.05) is 0 Å². The van der Waals surface area contributed by atoms with Gasteiger partial charge in [-0.2, -0.15) is 0 Å². The molecule has 1 aliphatic rings. The minimum absolute atomic E-state index is 1.06. The summed E-state index contributed by atoms with van der Waals surface area (Å²) in [5.41, 5.74) is 4.41. The van der Waals surface area contributed by atoms with Gasteiger partial charge in [0.2, 0.25) is 0 Å². The molecule has 0 atom stereocenters. The van der Waals surface area contributed by atoms with Crippen LogP contribution in [0.5, 0.6) is 0 Å². The standard InChI is InChI=1S/C11H16N2/c1-9-5-4-6-10-7-13(12(2)3)8-11(9)10/h4-6H,7-8H2,1-3H3. The van der Waals surface area contributed by atoms with Crippen molar-refractivity contribution in [1.29, 1.82) is 0 Å². The molecule has 2 rings (SSSR count). The number of hydrazine groups is 1. The molecular formula is C11H16N2. The Labute approximate surface area is 79.7 Å². The van der Waals surface area contributed by atoms with Crippen LogP contribution < -0.4 is 0 Å². The monoisotopic (exact) mass is 176 g/mol. The quantitative estimate of drug-likeness (QED) is 0.643. The van der Waals surface area contributed by atoms with Gasteiger partial charge in [0.05, 0.1) is 0 Å². The summed E-state index contributed by atoms with van der Waals surface area (Å²) < 4.78 is 0. The van der Waals surface area contributed by atoms with E-state index in [2.05, 4.69) is 49.2 Å². The lowest BCUT2D eigenvalue weighted by Crippen LogP contribution is -2.31. The maximum absolute atomic E-state index is 2.34. The summed E-state index contributed by atoms with van der Waals surface area (Å²) in [4.78, 5) is 0. The summed E-state index contributed by atoms with van der Waals surface area (Å²) in [6.45, 7) is 4.32. The van der Waals surface area contributed by atoms with Crippen LogP contribution in [-0.4, -0.2) is 24.1 Å². The lowest BCUT2D eigenvalue weighted by Gasteiger charge is -2.22. The first-order chi connectivity index (χ1) is 6.18. The van der Waals surface area contributed by atoms with Crippen LogP contribution in [0.25, 0.3) is 0 Å². The van der Waals surface area contributed by atoms with E-state index in [9.17, 15) is 0 Å². The molecule has 13 heavy (non-hydrogen) atoms. The van der Waals surface area contributed by atoms with Crippen molar-refractivity contribution in [3.05, 3.63) is 34.9 Å². The van der Waals surface area contributed by atoms with E-state index < -0.39 is 0 Å². The average Bonchev–Trinajstić information content (AvgIpc) is 2.49. The van der Waals surface area contributed by atoms with Gasteiger partial charge in [0.25, 0.3) is 0 Å². The van der Waals surface area contributed by atoms with E-state index in [0.717, 1.165) is 13.1 Å². The highest BCUT2D eigenvalue weighted by Gasteiger charge is 2.20. The van der Waals surface area contributed by atoms with Gasteiger partial charge in [0.1, 0.15) is 0 Å². The molecule has 70 valence electrons. The Morgan fingerprint density at radius 2 is 2.00 bits per heavy atom. The molecule has 2 nitrogen and oxygen atoms in total. The Hall–Kier alpha value is -0.860. The molecule has 0 amide bonds. The van der Waals surface area contributed by atoms with Crippen molar-refractivity contribution in [3.63, 3.8) is 0 Å².